The van der Waals surface area contributed by atoms with Gasteiger partial charge in [0.15, 0.2) is 0 Å². The van der Waals surface area contributed by atoms with E-state index in [1.807, 2.05) is 6.92 Å². The number of carbonyl (C=O) groups excluding carboxylic acids is 1. The summed E-state index contributed by atoms with van der Waals surface area (Å²) in [5.41, 5.74) is 2.21. The first-order valence-electron chi connectivity index (χ1n) is 6.32. The number of aromatic amines is 1. The number of rotatable bonds is 8. The van der Waals surface area contributed by atoms with Crippen LogP contribution in [-0.2, 0) is 11.2 Å². The minimum Gasteiger partial charge on any atom is -0.481 e. The van der Waals surface area contributed by atoms with Gasteiger partial charge in [0.2, 0.25) is 0 Å². The zero-order valence-electron chi connectivity index (χ0n) is 11.0. The average molecular weight is 268 g/mol. The summed E-state index contributed by atoms with van der Waals surface area (Å²) in [5.74, 6) is -0.849. The number of carboxylic acid groups (broad SMARTS) is 1. The molecule has 1 heterocycles. The van der Waals surface area contributed by atoms with Gasteiger partial charge in [0.25, 0.3) is 0 Å². The highest BCUT2D eigenvalue weighted by Gasteiger charge is 2.02. The van der Waals surface area contributed by atoms with Gasteiger partial charge in [0, 0.05) is 25.2 Å². The molecule has 0 saturated carbocycles. The molecule has 1 aromatic heterocycles. The Kier molecular flexibility index (Phi) is 6.42. The maximum Gasteiger partial charge on any atom is 0.314 e. The lowest BCUT2D eigenvalue weighted by Gasteiger charge is -2.06. The fourth-order valence-electron chi connectivity index (χ4n) is 1.61. The minimum absolute atomic E-state index is 0.0695. The summed E-state index contributed by atoms with van der Waals surface area (Å²) in [4.78, 5) is 21.6. The van der Waals surface area contributed by atoms with Crippen molar-refractivity contribution in [3.05, 3.63) is 17.5 Å². The van der Waals surface area contributed by atoms with Crippen LogP contribution in [0.25, 0.3) is 0 Å². The molecule has 0 aliphatic carbocycles. The van der Waals surface area contributed by atoms with E-state index in [-0.39, 0.29) is 12.5 Å². The minimum atomic E-state index is -0.849. The number of carbonyl (C=O) groups is 2. The Balaban J connectivity index is 2.01. The van der Waals surface area contributed by atoms with E-state index in [9.17, 15) is 9.59 Å². The van der Waals surface area contributed by atoms with E-state index >= 15 is 0 Å². The number of amides is 2. The largest absolute Gasteiger partial charge is 0.481 e. The van der Waals surface area contributed by atoms with Crippen molar-refractivity contribution in [2.24, 2.45) is 0 Å². The molecule has 106 valence electrons. The number of aromatic nitrogens is 2. The van der Waals surface area contributed by atoms with Gasteiger partial charge in [-0.3, -0.25) is 9.89 Å². The van der Waals surface area contributed by atoms with Crippen LogP contribution in [0.15, 0.2) is 6.20 Å². The third-order valence-corrected chi connectivity index (χ3v) is 2.70. The van der Waals surface area contributed by atoms with Crippen molar-refractivity contribution in [3.8, 4) is 0 Å². The molecule has 0 aliphatic rings. The van der Waals surface area contributed by atoms with E-state index in [1.54, 1.807) is 6.20 Å². The number of H-pyrrole nitrogens is 1. The molecule has 2 amide bonds. The first-order chi connectivity index (χ1) is 9.09. The molecule has 0 aliphatic heterocycles. The van der Waals surface area contributed by atoms with Crippen molar-refractivity contribution >= 4 is 12.0 Å². The van der Waals surface area contributed by atoms with Crippen LogP contribution >= 0.6 is 0 Å². The summed E-state index contributed by atoms with van der Waals surface area (Å²) in [6.07, 6.45) is 4.00. The Hall–Kier alpha value is -2.05. The molecule has 4 N–H and O–H groups in total. The Morgan fingerprint density at radius 3 is 2.58 bits per heavy atom. The molecule has 0 unspecified atom stereocenters. The zero-order valence-corrected chi connectivity index (χ0v) is 11.0. The van der Waals surface area contributed by atoms with E-state index in [1.165, 1.54) is 0 Å². The smallest absolute Gasteiger partial charge is 0.314 e. The quantitative estimate of drug-likeness (QED) is 0.523. The first-order valence-corrected chi connectivity index (χ1v) is 6.32. The van der Waals surface area contributed by atoms with E-state index < -0.39 is 5.97 Å². The van der Waals surface area contributed by atoms with Crippen LogP contribution in [-0.4, -0.2) is 40.4 Å². The van der Waals surface area contributed by atoms with Gasteiger partial charge in [0.1, 0.15) is 0 Å². The summed E-state index contributed by atoms with van der Waals surface area (Å²) in [5, 5.41) is 20.6. The van der Waals surface area contributed by atoms with Crippen LogP contribution in [0.5, 0.6) is 0 Å². The van der Waals surface area contributed by atoms with Crippen LogP contribution in [0, 0.1) is 6.92 Å². The summed E-state index contributed by atoms with van der Waals surface area (Å²) >= 11 is 0. The van der Waals surface area contributed by atoms with Crippen LogP contribution in [0.4, 0.5) is 4.79 Å². The van der Waals surface area contributed by atoms with E-state index in [0.29, 0.717) is 19.5 Å². The Morgan fingerprint density at radius 2 is 2.00 bits per heavy atom. The molecule has 0 atom stereocenters. The van der Waals surface area contributed by atoms with E-state index in [0.717, 1.165) is 24.1 Å². The van der Waals surface area contributed by atoms with E-state index in [4.69, 9.17) is 5.11 Å². The first kappa shape index (κ1) is 15.0. The molecule has 0 fully saturated rings. The van der Waals surface area contributed by atoms with Crippen LogP contribution in [0.1, 0.15) is 30.5 Å². The lowest BCUT2D eigenvalue weighted by atomic mass is 10.1. The maximum absolute atomic E-state index is 11.3. The van der Waals surface area contributed by atoms with Crippen molar-refractivity contribution in [2.45, 2.75) is 32.6 Å². The maximum atomic E-state index is 11.3. The number of carboxylic acids is 1. The molecular formula is C12H20N4O3. The molecule has 0 spiro atoms. The van der Waals surface area contributed by atoms with E-state index in [2.05, 4.69) is 20.8 Å². The highest BCUT2D eigenvalue weighted by molar-refractivity contribution is 5.73. The Bertz CT molecular complexity index is 417. The molecule has 1 aromatic rings. The van der Waals surface area contributed by atoms with Gasteiger partial charge < -0.3 is 15.7 Å². The van der Waals surface area contributed by atoms with Crippen LogP contribution < -0.4 is 10.6 Å². The van der Waals surface area contributed by atoms with Gasteiger partial charge >= 0.3 is 12.0 Å². The van der Waals surface area contributed by atoms with Crippen molar-refractivity contribution < 1.29 is 14.7 Å². The van der Waals surface area contributed by atoms with Gasteiger partial charge in [-0.25, -0.2) is 4.79 Å². The second-order valence-electron chi connectivity index (χ2n) is 4.30. The third kappa shape index (κ3) is 6.44. The van der Waals surface area contributed by atoms with Gasteiger partial charge in [0.05, 0.1) is 6.20 Å². The van der Waals surface area contributed by atoms with Crippen molar-refractivity contribution in [2.75, 3.05) is 13.1 Å². The average Bonchev–Trinajstić information content (AvgIpc) is 2.76. The Morgan fingerprint density at radius 1 is 1.32 bits per heavy atom. The lowest BCUT2D eigenvalue weighted by Crippen LogP contribution is -2.36. The molecule has 1 rings (SSSR count). The fraction of sp³-hybridized carbons (Fsp3) is 0.583. The summed E-state index contributed by atoms with van der Waals surface area (Å²) in [6, 6.07) is -0.255. The molecule has 0 aromatic carbocycles. The Labute approximate surface area is 111 Å². The van der Waals surface area contributed by atoms with Gasteiger partial charge in [-0.1, -0.05) is 0 Å². The number of hydrogen-bond acceptors (Lipinski definition) is 3. The van der Waals surface area contributed by atoms with Crippen molar-refractivity contribution in [1.82, 2.24) is 20.8 Å². The number of aliphatic carboxylic acids is 1. The molecule has 7 heteroatoms. The number of nitrogens with zero attached hydrogens (tertiary/aromatic N) is 1. The second kappa shape index (κ2) is 8.12. The summed E-state index contributed by atoms with van der Waals surface area (Å²) in [6.45, 7) is 2.92. The predicted octanol–water partition coefficient (Wildman–Crippen LogP) is 0.815. The highest BCUT2D eigenvalue weighted by Crippen LogP contribution is 2.04. The lowest BCUT2D eigenvalue weighted by molar-refractivity contribution is -0.137. The van der Waals surface area contributed by atoms with Crippen molar-refractivity contribution in [1.29, 1.82) is 0 Å². The molecule has 0 saturated heterocycles. The second-order valence-corrected chi connectivity index (χ2v) is 4.30. The van der Waals surface area contributed by atoms with Crippen LogP contribution in [0.3, 0.4) is 0 Å². The summed E-state index contributed by atoms with van der Waals surface area (Å²) in [7, 11) is 0. The SMILES string of the molecule is Cc1[nH]ncc1CCCNC(=O)NCCCC(=O)O. The third-order valence-electron chi connectivity index (χ3n) is 2.70. The zero-order chi connectivity index (χ0) is 14.1. The number of hydrogen-bond donors (Lipinski definition) is 4. The number of aryl methyl sites for hydroxylation is 2. The molecular weight excluding hydrogens is 248 g/mol. The van der Waals surface area contributed by atoms with Crippen LogP contribution in [0.2, 0.25) is 0 Å². The molecule has 19 heavy (non-hydrogen) atoms. The number of nitrogens with one attached hydrogen (secondary N) is 3. The monoisotopic (exact) mass is 268 g/mol. The fourth-order valence-corrected chi connectivity index (χ4v) is 1.61. The topological polar surface area (TPSA) is 107 Å². The highest BCUT2D eigenvalue weighted by atomic mass is 16.4. The molecule has 0 bridgehead atoms. The van der Waals surface area contributed by atoms with Gasteiger partial charge in [-0.2, -0.15) is 5.10 Å². The van der Waals surface area contributed by atoms with Gasteiger partial charge in [-0.05, 0) is 31.7 Å². The standard InChI is InChI=1S/C12H20N4O3/c1-9-10(8-15-16-9)4-2-6-13-12(19)14-7-3-5-11(17)18/h8H,2-7H2,1H3,(H,15,16)(H,17,18)(H2,13,14,19). The normalized spacial score (nSPS) is 10.2. The van der Waals surface area contributed by atoms with Crippen molar-refractivity contribution in [3.63, 3.8) is 0 Å². The molecule has 0 radical (unpaired) electrons. The predicted molar refractivity (Wildman–Crippen MR) is 69.9 cm³/mol. The van der Waals surface area contributed by atoms with Gasteiger partial charge in [-0.15, -0.1) is 0 Å². The molecule has 7 nitrogen and oxygen atoms in total. The number of urea groups is 1. The summed E-state index contributed by atoms with van der Waals surface area (Å²) < 4.78 is 0.